The highest BCUT2D eigenvalue weighted by Crippen LogP contribution is 2.17. The predicted octanol–water partition coefficient (Wildman–Crippen LogP) is 2.75. The highest BCUT2D eigenvalue weighted by atomic mass is 32.1. The fourth-order valence-electron chi connectivity index (χ4n) is 1.15. The van der Waals surface area contributed by atoms with Crippen LogP contribution in [0.4, 0.5) is 0 Å². The SMILES string of the molecule is C=CCOC(=O)CCC(=O)c1ccc(C)s1. The minimum Gasteiger partial charge on any atom is -0.461 e. The second kappa shape index (κ2) is 6.23. The van der Waals surface area contributed by atoms with Gasteiger partial charge in [0.05, 0.1) is 11.3 Å². The van der Waals surface area contributed by atoms with Crippen LogP contribution in [0.3, 0.4) is 0 Å². The van der Waals surface area contributed by atoms with Gasteiger partial charge in [-0.25, -0.2) is 0 Å². The number of aryl methyl sites for hydroxylation is 1. The summed E-state index contributed by atoms with van der Waals surface area (Å²) in [4.78, 5) is 24.5. The molecule has 0 aliphatic heterocycles. The van der Waals surface area contributed by atoms with E-state index in [1.807, 2.05) is 13.0 Å². The molecule has 0 saturated carbocycles. The quantitative estimate of drug-likeness (QED) is 0.435. The first-order valence-corrected chi connectivity index (χ1v) is 5.81. The Balaban J connectivity index is 2.35. The van der Waals surface area contributed by atoms with E-state index in [2.05, 4.69) is 6.58 Å². The van der Waals surface area contributed by atoms with E-state index in [4.69, 9.17) is 4.74 Å². The van der Waals surface area contributed by atoms with Crippen LogP contribution in [0.15, 0.2) is 24.8 Å². The van der Waals surface area contributed by atoms with E-state index < -0.39 is 0 Å². The summed E-state index contributed by atoms with van der Waals surface area (Å²) < 4.78 is 4.78. The zero-order valence-corrected chi connectivity index (χ0v) is 10.0. The van der Waals surface area contributed by atoms with Crippen LogP contribution in [0.5, 0.6) is 0 Å². The number of rotatable bonds is 6. The van der Waals surface area contributed by atoms with E-state index in [-0.39, 0.29) is 31.2 Å². The Morgan fingerprint density at radius 3 is 2.75 bits per heavy atom. The molecule has 86 valence electrons. The molecule has 1 heterocycles. The van der Waals surface area contributed by atoms with Gasteiger partial charge in [0, 0.05) is 11.3 Å². The molecule has 0 atom stereocenters. The van der Waals surface area contributed by atoms with Crippen molar-refractivity contribution in [3.63, 3.8) is 0 Å². The molecular formula is C12H14O3S. The van der Waals surface area contributed by atoms with Crippen molar-refractivity contribution < 1.29 is 14.3 Å². The minimum atomic E-state index is -0.360. The summed E-state index contributed by atoms with van der Waals surface area (Å²) in [5, 5.41) is 0. The third-order valence-corrected chi connectivity index (χ3v) is 2.98. The van der Waals surface area contributed by atoms with Crippen LogP contribution in [0.25, 0.3) is 0 Å². The Bertz CT molecular complexity index is 393. The molecular weight excluding hydrogens is 224 g/mol. The summed E-state index contributed by atoms with van der Waals surface area (Å²) >= 11 is 1.45. The van der Waals surface area contributed by atoms with Gasteiger partial charge in [0.15, 0.2) is 5.78 Å². The van der Waals surface area contributed by atoms with Gasteiger partial charge in [-0.15, -0.1) is 11.3 Å². The monoisotopic (exact) mass is 238 g/mol. The van der Waals surface area contributed by atoms with Crippen LogP contribution in [-0.4, -0.2) is 18.4 Å². The van der Waals surface area contributed by atoms with Gasteiger partial charge in [-0.2, -0.15) is 0 Å². The maximum absolute atomic E-state index is 11.6. The summed E-state index contributed by atoms with van der Waals surface area (Å²) in [5.74, 6) is -0.366. The maximum Gasteiger partial charge on any atom is 0.306 e. The van der Waals surface area contributed by atoms with Gasteiger partial charge in [0.25, 0.3) is 0 Å². The normalized spacial score (nSPS) is 9.81. The molecule has 1 rings (SSSR count). The van der Waals surface area contributed by atoms with Gasteiger partial charge in [0.2, 0.25) is 0 Å². The topological polar surface area (TPSA) is 43.4 Å². The number of Topliss-reactive ketones (excluding diaryl/α,β-unsaturated/α-hetero) is 1. The fraction of sp³-hybridized carbons (Fsp3) is 0.333. The third kappa shape index (κ3) is 3.98. The van der Waals surface area contributed by atoms with Crippen molar-refractivity contribution in [3.8, 4) is 0 Å². The molecule has 0 aliphatic carbocycles. The van der Waals surface area contributed by atoms with Crippen molar-refractivity contribution in [1.82, 2.24) is 0 Å². The van der Waals surface area contributed by atoms with E-state index in [0.717, 1.165) is 4.88 Å². The van der Waals surface area contributed by atoms with Gasteiger partial charge < -0.3 is 4.74 Å². The number of ether oxygens (including phenoxy) is 1. The Morgan fingerprint density at radius 1 is 1.44 bits per heavy atom. The van der Waals surface area contributed by atoms with Crippen molar-refractivity contribution in [2.45, 2.75) is 19.8 Å². The number of carbonyl (C=O) groups is 2. The average molecular weight is 238 g/mol. The number of ketones is 1. The number of thiophene rings is 1. The van der Waals surface area contributed by atoms with Crippen LogP contribution in [0.1, 0.15) is 27.4 Å². The molecule has 0 aromatic carbocycles. The number of hydrogen-bond acceptors (Lipinski definition) is 4. The molecule has 16 heavy (non-hydrogen) atoms. The van der Waals surface area contributed by atoms with Crippen LogP contribution in [-0.2, 0) is 9.53 Å². The maximum atomic E-state index is 11.6. The average Bonchev–Trinajstić information content (AvgIpc) is 2.69. The molecule has 0 bridgehead atoms. The molecule has 4 heteroatoms. The fourth-order valence-corrected chi connectivity index (χ4v) is 1.98. The van der Waals surface area contributed by atoms with Crippen molar-refractivity contribution in [1.29, 1.82) is 0 Å². The second-order valence-corrected chi connectivity index (χ2v) is 4.59. The minimum absolute atomic E-state index is 0.00588. The summed E-state index contributed by atoms with van der Waals surface area (Å²) in [6.45, 7) is 5.58. The molecule has 0 spiro atoms. The van der Waals surface area contributed by atoms with Crippen molar-refractivity contribution in [3.05, 3.63) is 34.5 Å². The molecule has 0 radical (unpaired) electrons. The molecule has 0 aliphatic rings. The largest absolute Gasteiger partial charge is 0.461 e. The van der Waals surface area contributed by atoms with Gasteiger partial charge in [-0.05, 0) is 19.1 Å². The van der Waals surface area contributed by atoms with Crippen LogP contribution in [0.2, 0.25) is 0 Å². The molecule has 0 amide bonds. The smallest absolute Gasteiger partial charge is 0.306 e. The lowest BCUT2D eigenvalue weighted by Gasteiger charge is -2.00. The summed E-state index contributed by atoms with van der Waals surface area (Å²) in [7, 11) is 0. The molecule has 3 nitrogen and oxygen atoms in total. The van der Waals surface area contributed by atoms with Crippen LogP contribution in [0, 0.1) is 6.92 Å². The number of hydrogen-bond donors (Lipinski definition) is 0. The van der Waals surface area contributed by atoms with Crippen molar-refractivity contribution >= 4 is 23.1 Å². The van der Waals surface area contributed by atoms with E-state index in [1.165, 1.54) is 17.4 Å². The molecule has 1 aromatic heterocycles. The predicted molar refractivity (Wildman–Crippen MR) is 63.8 cm³/mol. The number of esters is 1. The highest BCUT2D eigenvalue weighted by Gasteiger charge is 2.11. The second-order valence-electron chi connectivity index (χ2n) is 3.31. The molecule has 0 N–H and O–H groups in total. The summed E-state index contributed by atoms with van der Waals surface area (Å²) in [6, 6.07) is 3.69. The molecule has 1 aromatic rings. The lowest BCUT2D eigenvalue weighted by Crippen LogP contribution is -2.07. The Hall–Kier alpha value is -1.42. The summed E-state index contributed by atoms with van der Waals surface area (Å²) in [6.07, 6.45) is 1.84. The van der Waals surface area contributed by atoms with Gasteiger partial charge in [-0.1, -0.05) is 12.7 Å². The first kappa shape index (κ1) is 12.6. The Morgan fingerprint density at radius 2 is 2.19 bits per heavy atom. The van der Waals surface area contributed by atoms with E-state index in [1.54, 1.807) is 6.07 Å². The van der Waals surface area contributed by atoms with E-state index >= 15 is 0 Å². The highest BCUT2D eigenvalue weighted by molar-refractivity contribution is 7.14. The molecule has 0 saturated heterocycles. The van der Waals surface area contributed by atoms with E-state index in [9.17, 15) is 9.59 Å². The zero-order valence-electron chi connectivity index (χ0n) is 9.19. The Labute approximate surface area is 98.7 Å². The molecule has 0 unspecified atom stereocenters. The van der Waals surface area contributed by atoms with Crippen molar-refractivity contribution in [2.24, 2.45) is 0 Å². The first-order valence-electron chi connectivity index (χ1n) is 4.99. The van der Waals surface area contributed by atoms with E-state index in [0.29, 0.717) is 4.88 Å². The van der Waals surface area contributed by atoms with Gasteiger partial charge in [-0.3, -0.25) is 9.59 Å². The van der Waals surface area contributed by atoms with Crippen molar-refractivity contribution in [2.75, 3.05) is 6.61 Å². The first-order chi connectivity index (χ1) is 7.63. The standard InChI is InChI=1S/C12H14O3S/c1-3-8-15-12(14)7-5-10(13)11-6-4-9(2)16-11/h3-4,6H,1,5,7-8H2,2H3. The molecule has 0 fully saturated rings. The Kier molecular flexibility index (Phi) is 4.92. The van der Waals surface area contributed by atoms with Crippen LogP contribution < -0.4 is 0 Å². The lowest BCUT2D eigenvalue weighted by atomic mass is 10.2. The number of carbonyl (C=O) groups excluding carboxylic acids is 2. The summed E-state index contributed by atoms with van der Waals surface area (Å²) in [5.41, 5.74) is 0. The van der Waals surface area contributed by atoms with Gasteiger partial charge >= 0.3 is 5.97 Å². The lowest BCUT2D eigenvalue weighted by molar-refractivity contribution is -0.142. The third-order valence-electron chi connectivity index (χ3n) is 1.93. The van der Waals surface area contributed by atoms with Gasteiger partial charge in [0.1, 0.15) is 6.61 Å². The van der Waals surface area contributed by atoms with Crippen LogP contribution >= 0.6 is 11.3 Å². The zero-order chi connectivity index (χ0) is 12.0.